The van der Waals surface area contributed by atoms with Crippen molar-refractivity contribution in [2.24, 2.45) is 0 Å². The van der Waals surface area contributed by atoms with Gasteiger partial charge in [-0.05, 0) is 42.0 Å². The van der Waals surface area contributed by atoms with Crippen molar-refractivity contribution >= 4 is 16.9 Å². The molecule has 1 N–H and O–H groups in total. The Bertz CT molecular complexity index is 1060. The van der Waals surface area contributed by atoms with Gasteiger partial charge < -0.3 is 10.1 Å². The molecule has 3 aromatic carbocycles. The number of aromatic nitrogens is 3. The number of amides is 1. The van der Waals surface area contributed by atoms with Crippen molar-refractivity contribution in [2.45, 2.75) is 6.17 Å². The molecule has 134 valence electrons. The van der Waals surface area contributed by atoms with Crippen LogP contribution < -0.4 is 10.1 Å². The van der Waals surface area contributed by atoms with E-state index in [0.29, 0.717) is 5.56 Å². The number of nitrogens with one attached hydrogen (secondary N) is 1. The molecule has 0 aliphatic heterocycles. The first-order valence-corrected chi connectivity index (χ1v) is 8.56. The van der Waals surface area contributed by atoms with Crippen LogP contribution in [0, 0.1) is 0 Å². The molecule has 0 aliphatic rings. The predicted octanol–water partition coefficient (Wildman–Crippen LogP) is 3.42. The number of ether oxygens (including phenoxy) is 1. The number of hydrogen-bond donors (Lipinski definition) is 1. The van der Waals surface area contributed by atoms with E-state index in [1.165, 1.54) is 0 Å². The number of benzene rings is 3. The monoisotopic (exact) mass is 358 g/mol. The number of rotatable bonds is 5. The second-order valence-corrected chi connectivity index (χ2v) is 6.04. The fourth-order valence-corrected chi connectivity index (χ4v) is 2.95. The van der Waals surface area contributed by atoms with Crippen LogP contribution in [0.3, 0.4) is 0 Å². The van der Waals surface area contributed by atoms with Gasteiger partial charge in [-0.25, -0.2) is 4.68 Å². The molecule has 27 heavy (non-hydrogen) atoms. The molecule has 0 bridgehead atoms. The van der Waals surface area contributed by atoms with E-state index >= 15 is 0 Å². The summed E-state index contributed by atoms with van der Waals surface area (Å²) in [5.41, 5.74) is 3.06. The summed E-state index contributed by atoms with van der Waals surface area (Å²) >= 11 is 0. The highest BCUT2D eigenvalue weighted by Crippen LogP contribution is 2.23. The van der Waals surface area contributed by atoms with Gasteiger partial charge in [-0.3, -0.25) is 4.79 Å². The molecule has 0 unspecified atom stereocenters. The standard InChI is InChI=1S/C21H18N4O2/c1-27-17-13-11-15(12-14-17)20(22-21(26)16-7-3-2-4-8-16)25-19-10-6-5-9-18(19)23-24-25/h2-14,20H,1H3,(H,22,26)/t20-/m1/s1. The highest BCUT2D eigenvalue weighted by atomic mass is 16.5. The zero-order chi connectivity index (χ0) is 18.6. The smallest absolute Gasteiger partial charge is 0.253 e. The van der Waals surface area contributed by atoms with Crippen LogP contribution in [-0.4, -0.2) is 28.0 Å². The zero-order valence-corrected chi connectivity index (χ0v) is 14.7. The molecule has 0 aliphatic carbocycles. The Hall–Kier alpha value is -3.67. The average Bonchev–Trinajstić information content (AvgIpc) is 3.16. The van der Waals surface area contributed by atoms with Crippen molar-refractivity contribution in [2.75, 3.05) is 7.11 Å². The van der Waals surface area contributed by atoms with E-state index < -0.39 is 6.17 Å². The summed E-state index contributed by atoms with van der Waals surface area (Å²) < 4.78 is 6.96. The average molecular weight is 358 g/mol. The highest BCUT2D eigenvalue weighted by molar-refractivity contribution is 5.94. The first-order valence-electron chi connectivity index (χ1n) is 8.56. The molecule has 0 spiro atoms. The van der Waals surface area contributed by atoms with Crippen LogP contribution in [0.4, 0.5) is 0 Å². The Kier molecular flexibility index (Phi) is 4.53. The number of carbonyl (C=O) groups is 1. The SMILES string of the molecule is COc1ccc([C@H](NC(=O)c2ccccc2)n2nnc3ccccc32)cc1. The lowest BCUT2D eigenvalue weighted by Gasteiger charge is -2.20. The molecule has 4 rings (SSSR count). The zero-order valence-electron chi connectivity index (χ0n) is 14.7. The first-order chi connectivity index (χ1) is 13.3. The summed E-state index contributed by atoms with van der Waals surface area (Å²) in [6.45, 7) is 0. The van der Waals surface area contributed by atoms with Gasteiger partial charge in [0.25, 0.3) is 5.91 Å². The van der Waals surface area contributed by atoms with Gasteiger partial charge in [0.1, 0.15) is 11.3 Å². The molecular formula is C21H18N4O2. The largest absolute Gasteiger partial charge is 0.497 e. The molecule has 0 radical (unpaired) electrons. The summed E-state index contributed by atoms with van der Waals surface area (Å²) in [5, 5.41) is 11.6. The number of para-hydroxylation sites is 1. The maximum absolute atomic E-state index is 12.8. The van der Waals surface area contributed by atoms with Crippen molar-refractivity contribution in [3.8, 4) is 5.75 Å². The quantitative estimate of drug-likeness (QED) is 0.593. The van der Waals surface area contributed by atoms with Crippen molar-refractivity contribution in [1.82, 2.24) is 20.3 Å². The predicted molar refractivity (Wildman–Crippen MR) is 103 cm³/mol. The number of hydrogen-bond acceptors (Lipinski definition) is 4. The molecule has 1 amide bonds. The summed E-state index contributed by atoms with van der Waals surface area (Å²) in [4.78, 5) is 12.8. The van der Waals surface area contributed by atoms with Crippen molar-refractivity contribution in [1.29, 1.82) is 0 Å². The van der Waals surface area contributed by atoms with E-state index in [9.17, 15) is 4.79 Å². The van der Waals surface area contributed by atoms with Crippen LogP contribution in [0.25, 0.3) is 11.0 Å². The van der Waals surface area contributed by atoms with Crippen LogP contribution in [0.5, 0.6) is 5.75 Å². The Balaban J connectivity index is 1.76. The maximum atomic E-state index is 12.8. The molecule has 1 heterocycles. The normalized spacial score (nSPS) is 11.9. The minimum atomic E-state index is -0.504. The Morgan fingerprint density at radius 2 is 1.67 bits per heavy atom. The lowest BCUT2D eigenvalue weighted by atomic mass is 10.1. The second kappa shape index (κ2) is 7.29. The van der Waals surface area contributed by atoms with Crippen LogP contribution in [-0.2, 0) is 0 Å². The van der Waals surface area contributed by atoms with Gasteiger partial charge >= 0.3 is 0 Å². The third kappa shape index (κ3) is 3.37. The lowest BCUT2D eigenvalue weighted by Crippen LogP contribution is -2.33. The molecule has 1 atom stereocenters. The van der Waals surface area contributed by atoms with Gasteiger partial charge in [-0.2, -0.15) is 0 Å². The van der Waals surface area contributed by atoms with Gasteiger partial charge in [0, 0.05) is 5.56 Å². The maximum Gasteiger partial charge on any atom is 0.253 e. The highest BCUT2D eigenvalue weighted by Gasteiger charge is 2.21. The molecule has 0 fully saturated rings. The summed E-state index contributed by atoms with van der Waals surface area (Å²) in [6, 6.07) is 24.3. The lowest BCUT2D eigenvalue weighted by molar-refractivity contribution is 0.0927. The topological polar surface area (TPSA) is 69.0 Å². The van der Waals surface area contributed by atoms with Crippen molar-refractivity contribution in [3.63, 3.8) is 0 Å². The number of fused-ring (bicyclic) bond motifs is 1. The van der Waals surface area contributed by atoms with Crippen LogP contribution >= 0.6 is 0 Å². The first kappa shape index (κ1) is 16.8. The third-order valence-corrected chi connectivity index (χ3v) is 4.36. The minimum absolute atomic E-state index is 0.184. The molecule has 4 aromatic rings. The van der Waals surface area contributed by atoms with Crippen LogP contribution in [0.15, 0.2) is 78.9 Å². The fourth-order valence-electron chi connectivity index (χ4n) is 2.95. The van der Waals surface area contributed by atoms with Crippen molar-refractivity contribution in [3.05, 3.63) is 90.0 Å². The Morgan fingerprint density at radius 3 is 2.41 bits per heavy atom. The van der Waals surface area contributed by atoms with E-state index in [1.54, 1.807) is 23.9 Å². The summed E-state index contributed by atoms with van der Waals surface area (Å²) in [5.74, 6) is 0.561. The molecule has 0 saturated carbocycles. The van der Waals surface area contributed by atoms with E-state index in [4.69, 9.17) is 4.74 Å². The van der Waals surface area contributed by atoms with Gasteiger partial charge in [0.05, 0.1) is 12.6 Å². The Morgan fingerprint density at radius 1 is 0.963 bits per heavy atom. The van der Waals surface area contributed by atoms with Crippen molar-refractivity contribution < 1.29 is 9.53 Å². The molecule has 0 saturated heterocycles. The van der Waals surface area contributed by atoms with Crippen LogP contribution in [0.1, 0.15) is 22.1 Å². The molecular weight excluding hydrogens is 340 g/mol. The van der Waals surface area contributed by atoms with E-state index in [-0.39, 0.29) is 5.91 Å². The minimum Gasteiger partial charge on any atom is -0.497 e. The third-order valence-electron chi connectivity index (χ3n) is 4.36. The molecule has 6 heteroatoms. The van der Waals surface area contributed by atoms with E-state index in [2.05, 4.69) is 15.6 Å². The van der Waals surface area contributed by atoms with Gasteiger partial charge in [0.15, 0.2) is 6.17 Å². The fraction of sp³-hybridized carbons (Fsp3) is 0.0952. The van der Waals surface area contributed by atoms with Gasteiger partial charge in [0.2, 0.25) is 0 Å². The molecule has 6 nitrogen and oxygen atoms in total. The number of nitrogens with zero attached hydrogens (tertiary/aromatic N) is 3. The summed E-state index contributed by atoms with van der Waals surface area (Å²) in [7, 11) is 1.62. The van der Waals surface area contributed by atoms with Gasteiger partial charge in [-0.1, -0.05) is 47.7 Å². The molecule has 1 aromatic heterocycles. The second-order valence-electron chi connectivity index (χ2n) is 6.04. The van der Waals surface area contributed by atoms with Gasteiger partial charge in [-0.15, -0.1) is 5.10 Å². The number of carbonyl (C=O) groups excluding carboxylic acids is 1. The van der Waals surface area contributed by atoms with Crippen LogP contribution in [0.2, 0.25) is 0 Å². The van der Waals surface area contributed by atoms with E-state index in [0.717, 1.165) is 22.3 Å². The number of methoxy groups -OCH3 is 1. The summed E-state index contributed by atoms with van der Waals surface area (Å²) in [6.07, 6.45) is -0.504. The Labute approximate surface area is 156 Å². The van der Waals surface area contributed by atoms with E-state index in [1.807, 2.05) is 66.7 Å².